The minimum Gasteiger partial charge on any atom is -0.358 e. The Kier molecular flexibility index (Phi) is 9.91. The van der Waals surface area contributed by atoms with E-state index in [9.17, 15) is 22.8 Å². The lowest BCUT2D eigenvalue weighted by Crippen LogP contribution is -2.57. The van der Waals surface area contributed by atoms with E-state index in [-0.39, 0.29) is 32.3 Å². The van der Waals surface area contributed by atoms with Gasteiger partial charge in [0.05, 0.1) is 27.3 Å². The first-order chi connectivity index (χ1) is 22.1. The van der Waals surface area contributed by atoms with Crippen LogP contribution in [0.4, 0.5) is 5.69 Å². The Morgan fingerprint density at radius 3 is 2.36 bits per heavy atom. The zero-order valence-corrected chi connectivity index (χ0v) is 29.0. The van der Waals surface area contributed by atoms with Gasteiger partial charge in [0.2, 0.25) is 5.91 Å². The van der Waals surface area contributed by atoms with Crippen LogP contribution in [0, 0.1) is 13.8 Å². The van der Waals surface area contributed by atoms with Gasteiger partial charge in [-0.3, -0.25) is 19.3 Å². The maximum absolute atomic E-state index is 13.4. The second-order valence-electron chi connectivity index (χ2n) is 12.5. The van der Waals surface area contributed by atoms with E-state index in [1.54, 1.807) is 62.9 Å². The summed E-state index contributed by atoms with van der Waals surface area (Å²) in [6.07, 6.45) is 1.63. The summed E-state index contributed by atoms with van der Waals surface area (Å²) in [4.78, 5) is 45.9. The number of hydrogen-bond acceptors (Lipinski definition) is 7. The van der Waals surface area contributed by atoms with Gasteiger partial charge in [-0.25, -0.2) is 8.42 Å². The molecule has 3 aromatic rings. The van der Waals surface area contributed by atoms with Gasteiger partial charge in [-0.15, -0.1) is 0 Å². The molecule has 3 heterocycles. The van der Waals surface area contributed by atoms with Crippen molar-refractivity contribution in [2.24, 2.45) is 5.73 Å². The van der Waals surface area contributed by atoms with Crippen LogP contribution in [0.1, 0.15) is 52.3 Å². The molecule has 2 aromatic carbocycles. The fourth-order valence-corrected chi connectivity index (χ4v) is 7.97. The number of carbonyl (C=O) groups is 3. The minimum absolute atomic E-state index is 0.0188. The number of nitrogens with one attached hydrogen (secondary N) is 3. The third-order valence-electron chi connectivity index (χ3n) is 8.45. The highest BCUT2D eigenvalue weighted by molar-refractivity contribution is 7.90. The average Bonchev–Trinajstić information content (AvgIpc) is 3.47. The normalized spacial score (nSPS) is 16.4. The lowest BCUT2D eigenvalue weighted by molar-refractivity contribution is -0.137. The number of hydrogen-bond donors (Lipinski definition) is 4. The van der Waals surface area contributed by atoms with Crippen molar-refractivity contribution in [3.8, 4) is 0 Å². The van der Waals surface area contributed by atoms with Gasteiger partial charge in [-0.1, -0.05) is 29.3 Å². The summed E-state index contributed by atoms with van der Waals surface area (Å²) < 4.78 is 26.8. The summed E-state index contributed by atoms with van der Waals surface area (Å²) in [5.41, 5.74) is 8.85. The summed E-state index contributed by atoms with van der Waals surface area (Å²) in [6, 6.07) is 9.26. The molecular weight excluding hydrogens is 663 g/mol. The second kappa shape index (κ2) is 13.4. The molecule has 0 spiro atoms. The molecule has 0 radical (unpaired) electrons. The molecular formula is C33H38Cl2N6O5S. The molecule has 0 saturated carbocycles. The number of H-pyrrole nitrogens is 1. The molecule has 3 amide bonds. The van der Waals surface area contributed by atoms with Gasteiger partial charge < -0.3 is 26.3 Å². The highest BCUT2D eigenvalue weighted by Gasteiger charge is 2.31. The SMILES string of the molecule is Cc1[nH]c(/C=C2\C(=O)Nc3ccc(S(=O)(=O)Cc4c(Cl)cccc4Cl)cc32)c(C)c1C(=O)NCCN1CCN(C(=O)C(C)(C)N)CC1. The minimum atomic E-state index is -3.87. The number of benzene rings is 2. The van der Waals surface area contributed by atoms with Crippen LogP contribution in [0.15, 0.2) is 41.3 Å². The van der Waals surface area contributed by atoms with Crippen LogP contribution in [-0.4, -0.2) is 85.7 Å². The first-order valence-electron chi connectivity index (χ1n) is 15.2. The number of fused-ring (bicyclic) bond motifs is 1. The predicted molar refractivity (Wildman–Crippen MR) is 184 cm³/mol. The summed E-state index contributed by atoms with van der Waals surface area (Å²) in [5.74, 6) is -1.11. The van der Waals surface area contributed by atoms with Crippen LogP contribution < -0.4 is 16.4 Å². The monoisotopic (exact) mass is 700 g/mol. The molecule has 5 rings (SSSR count). The van der Waals surface area contributed by atoms with E-state index >= 15 is 0 Å². The number of rotatable bonds is 9. The van der Waals surface area contributed by atoms with E-state index in [2.05, 4.69) is 20.5 Å². The summed E-state index contributed by atoms with van der Waals surface area (Å²) in [6.45, 7) is 10.6. The van der Waals surface area contributed by atoms with Crippen LogP contribution in [0.5, 0.6) is 0 Å². The number of halogens is 2. The van der Waals surface area contributed by atoms with Crippen LogP contribution in [0.2, 0.25) is 10.0 Å². The largest absolute Gasteiger partial charge is 0.358 e. The number of sulfone groups is 1. The van der Waals surface area contributed by atoms with Crippen LogP contribution in [0.3, 0.4) is 0 Å². The van der Waals surface area contributed by atoms with E-state index in [4.69, 9.17) is 28.9 Å². The van der Waals surface area contributed by atoms with E-state index in [0.717, 1.165) is 0 Å². The van der Waals surface area contributed by atoms with Crippen molar-refractivity contribution in [1.82, 2.24) is 20.1 Å². The van der Waals surface area contributed by atoms with Gasteiger partial charge >= 0.3 is 0 Å². The molecule has 1 saturated heterocycles. The Balaban J connectivity index is 1.28. The highest BCUT2D eigenvalue weighted by Crippen LogP contribution is 2.37. The second-order valence-corrected chi connectivity index (χ2v) is 15.3. The number of amides is 3. The lowest BCUT2D eigenvalue weighted by Gasteiger charge is -2.37. The van der Waals surface area contributed by atoms with Crippen molar-refractivity contribution in [3.63, 3.8) is 0 Å². The number of aryl methyl sites for hydroxylation is 1. The Morgan fingerprint density at radius 2 is 1.72 bits per heavy atom. The van der Waals surface area contributed by atoms with Crippen molar-refractivity contribution in [2.75, 3.05) is 44.6 Å². The van der Waals surface area contributed by atoms with E-state index in [1.165, 1.54) is 12.1 Å². The molecule has 2 aliphatic rings. The fraction of sp³-hybridized carbons (Fsp3) is 0.364. The molecule has 0 bridgehead atoms. The Hall–Kier alpha value is -3.68. The topological polar surface area (TPSA) is 158 Å². The van der Waals surface area contributed by atoms with Crippen molar-refractivity contribution >= 4 is 68.1 Å². The summed E-state index contributed by atoms with van der Waals surface area (Å²) in [7, 11) is -3.87. The Bertz CT molecular complexity index is 1870. The lowest BCUT2D eigenvalue weighted by atomic mass is 10.0. The first-order valence-corrected chi connectivity index (χ1v) is 17.6. The van der Waals surface area contributed by atoms with Gasteiger partial charge in [0.15, 0.2) is 9.84 Å². The molecule has 14 heteroatoms. The number of aromatic amines is 1. The Labute approximate surface area is 284 Å². The number of nitrogens with two attached hydrogens (primary N) is 1. The highest BCUT2D eigenvalue weighted by atomic mass is 35.5. The number of piperazine rings is 1. The summed E-state index contributed by atoms with van der Waals surface area (Å²) >= 11 is 12.5. The molecule has 0 unspecified atom stereocenters. The number of aromatic nitrogens is 1. The number of carbonyl (C=O) groups excluding carboxylic acids is 3. The van der Waals surface area contributed by atoms with Crippen molar-refractivity contribution < 1.29 is 22.8 Å². The molecule has 47 heavy (non-hydrogen) atoms. The van der Waals surface area contributed by atoms with Crippen molar-refractivity contribution in [2.45, 2.75) is 43.9 Å². The van der Waals surface area contributed by atoms with Crippen molar-refractivity contribution in [3.05, 3.63) is 80.1 Å². The Morgan fingerprint density at radius 1 is 1.06 bits per heavy atom. The third-order valence-corrected chi connectivity index (χ3v) is 10.8. The smallest absolute Gasteiger partial charge is 0.256 e. The predicted octanol–water partition coefficient (Wildman–Crippen LogP) is 4.02. The quantitative estimate of drug-likeness (QED) is 0.246. The van der Waals surface area contributed by atoms with Gasteiger partial charge in [0, 0.05) is 77.5 Å². The van der Waals surface area contributed by atoms with E-state index in [0.29, 0.717) is 78.6 Å². The van der Waals surface area contributed by atoms with Gasteiger partial charge in [0.1, 0.15) is 0 Å². The molecule has 2 aliphatic heterocycles. The summed E-state index contributed by atoms with van der Waals surface area (Å²) in [5, 5.41) is 6.27. The maximum atomic E-state index is 13.4. The zero-order valence-electron chi connectivity index (χ0n) is 26.7. The molecule has 5 N–H and O–H groups in total. The third kappa shape index (κ3) is 7.42. The molecule has 250 valence electrons. The number of anilines is 1. The first kappa shape index (κ1) is 34.6. The van der Waals surface area contributed by atoms with Crippen LogP contribution in [0.25, 0.3) is 11.6 Å². The van der Waals surface area contributed by atoms with Crippen LogP contribution >= 0.6 is 23.2 Å². The maximum Gasteiger partial charge on any atom is 0.256 e. The van der Waals surface area contributed by atoms with E-state index in [1.807, 2.05) is 0 Å². The zero-order chi connectivity index (χ0) is 34.3. The number of nitrogens with zero attached hydrogens (tertiary/aromatic N) is 2. The average molecular weight is 702 g/mol. The standard InChI is InChI=1S/C33H38Cl2N6O5S/c1-19-28(38-20(2)29(19)31(43)37-10-11-40-12-14-41(15-13-40)32(44)33(3,4)36)17-23-22-16-21(8-9-27(22)39-30(23)42)47(45,46)18-24-25(34)6-5-7-26(24)35/h5-9,16-17,38H,10-15,18,36H2,1-4H3,(H,37,43)(H,39,42)/b23-17-. The van der Waals surface area contributed by atoms with Gasteiger partial charge in [0.25, 0.3) is 11.8 Å². The van der Waals surface area contributed by atoms with Crippen LogP contribution in [-0.2, 0) is 25.2 Å². The molecule has 0 aliphatic carbocycles. The van der Waals surface area contributed by atoms with Gasteiger partial charge in [-0.2, -0.15) is 0 Å². The molecule has 11 nitrogen and oxygen atoms in total. The van der Waals surface area contributed by atoms with Gasteiger partial charge in [-0.05, 0) is 69.7 Å². The van der Waals surface area contributed by atoms with Crippen molar-refractivity contribution in [1.29, 1.82) is 0 Å². The molecule has 0 atom stereocenters. The fourth-order valence-electron chi connectivity index (χ4n) is 5.85. The van der Waals surface area contributed by atoms with E-state index < -0.39 is 27.0 Å². The molecule has 1 fully saturated rings. The molecule has 1 aromatic heterocycles.